The molecule has 1 aromatic carbocycles. The molecule has 1 atom stereocenters. The van der Waals surface area contributed by atoms with Gasteiger partial charge < -0.3 is 0 Å². The predicted octanol–water partition coefficient (Wildman–Crippen LogP) is -2.71. The Bertz CT molecular complexity index is 726. The zero-order chi connectivity index (χ0) is 17.9. The molecule has 1 aliphatic heterocycles. The van der Waals surface area contributed by atoms with Crippen molar-refractivity contribution in [3.63, 3.8) is 0 Å². The molecule has 1 aromatic rings. The Hall–Kier alpha value is -2.50. The average Bonchev–Trinajstić information content (AvgIpc) is 2.82. The van der Waals surface area contributed by atoms with E-state index in [4.69, 9.17) is 10.8 Å². The van der Waals surface area contributed by atoms with E-state index >= 15 is 0 Å². The summed E-state index contributed by atoms with van der Waals surface area (Å²) >= 11 is -1.57. The fourth-order valence-electron chi connectivity index (χ4n) is 2.15. The van der Waals surface area contributed by atoms with E-state index < -0.39 is 43.3 Å². The molecule has 0 radical (unpaired) electrons. The van der Waals surface area contributed by atoms with E-state index in [2.05, 4.69) is 13.5 Å². The van der Waals surface area contributed by atoms with Crippen molar-refractivity contribution in [2.75, 3.05) is 7.05 Å². The zero-order valence-electron chi connectivity index (χ0n) is 12.9. The van der Waals surface area contributed by atoms with E-state index in [9.17, 15) is 14.4 Å². The van der Waals surface area contributed by atoms with Crippen LogP contribution >= 0.6 is 0 Å². The zero-order valence-corrected chi connectivity index (χ0v) is 15.0. The standard InChI is InChI=1S/C14H15IN5O4/c1-7(10(18-14(16)17-2)19-15-13(23)24)20-11(21)8-5-3-4-6-9(8)12(20)22/h3-7H,1-2H3,(H,23,24)(H3,16,17,18,19)/q-1. The summed E-state index contributed by atoms with van der Waals surface area (Å²) in [6.07, 6.45) is 0. The quantitative estimate of drug-likeness (QED) is 0.152. The first-order chi connectivity index (χ1) is 11.4. The summed E-state index contributed by atoms with van der Waals surface area (Å²) in [6, 6.07) is 5.67. The van der Waals surface area contributed by atoms with E-state index in [1.165, 1.54) is 7.05 Å². The topological polar surface area (TPSA) is 137 Å². The molecule has 0 aliphatic carbocycles. The van der Waals surface area contributed by atoms with Gasteiger partial charge in [-0.25, -0.2) is 0 Å². The van der Waals surface area contributed by atoms with Crippen LogP contribution in [0.15, 0.2) is 32.5 Å². The molecule has 2 rings (SSSR count). The van der Waals surface area contributed by atoms with Crippen molar-refractivity contribution >= 4 is 27.6 Å². The van der Waals surface area contributed by atoms with Crippen LogP contribution in [0.4, 0.5) is 4.79 Å². The number of carboxylic acid groups (broad SMARTS) is 1. The van der Waals surface area contributed by atoms with Crippen molar-refractivity contribution in [3.8, 4) is 0 Å². The Morgan fingerprint density at radius 3 is 2.29 bits per heavy atom. The molecule has 2 amide bonds. The minimum absolute atomic E-state index is 0.00612. The van der Waals surface area contributed by atoms with Crippen LogP contribution in [0, 0.1) is 0 Å². The van der Waals surface area contributed by atoms with E-state index in [-0.39, 0.29) is 11.8 Å². The Morgan fingerprint density at radius 2 is 1.83 bits per heavy atom. The van der Waals surface area contributed by atoms with Crippen molar-refractivity contribution in [2.45, 2.75) is 13.0 Å². The number of hydrogen-bond donors (Lipinski definition) is 3. The summed E-state index contributed by atoms with van der Waals surface area (Å²) in [5, 5.41) is 11.5. The van der Waals surface area contributed by atoms with Gasteiger partial charge in [0.15, 0.2) is 0 Å². The summed E-state index contributed by atoms with van der Waals surface area (Å²) in [6.45, 7) is 1.57. The summed E-state index contributed by atoms with van der Waals surface area (Å²) in [7, 11) is 1.44. The molecule has 1 heterocycles. The minimum atomic E-state index is -1.57. The fraction of sp³-hybridized carbons (Fsp3) is 0.214. The molecule has 0 bridgehead atoms. The van der Waals surface area contributed by atoms with E-state index in [0.717, 1.165) is 4.90 Å². The van der Waals surface area contributed by atoms with Gasteiger partial charge in [0.25, 0.3) is 0 Å². The van der Waals surface area contributed by atoms with Gasteiger partial charge in [0.1, 0.15) is 0 Å². The Morgan fingerprint density at radius 1 is 1.29 bits per heavy atom. The second-order valence-electron chi connectivity index (χ2n) is 4.74. The van der Waals surface area contributed by atoms with E-state index in [1.807, 2.05) is 0 Å². The third-order valence-electron chi connectivity index (χ3n) is 3.31. The molecule has 4 N–H and O–H groups in total. The van der Waals surface area contributed by atoms with Gasteiger partial charge in [-0.05, 0) is 0 Å². The summed E-state index contributed by atoms with van der Waals surface area (Å²) in [5.74, 6) is -0.800. The van der Waals surface area contributed by atoms with Crippen LogP contribution in [0.5, 0.6) is 0 Å². The average molecular weight is 444 g/mol. The third-order valence-corrected chi connectivity index (χ3v) is 4.48. The molecule has 1 aliphatic rings. The van der Waals surface area contributed by atoms with Crippen LogP contribution in [0.3, 0.4) is 0 Å². The normalized spacial score (nSPS) is 16.3. The second-order valence-corrected chi connectivity index (χ2v) is 6.63. The van der Waals surface area contributed by atoms with Gasteiger partial charge in [-0.15, -0.1) is 0 Å². The maximum absolute atomic E-state index is 12.5. The first-order valence-electron chi connectivity index (χ1n) is 6.78. The molecule has 1 unspecified atom stereocenters. The summed E-state index contributed by atoms with van der Waals surface area (Å²) in [4.78, 5) is 40.6. The number of amidine groups is 1. The first-order valence-corrected chi connectivity index (χ1v) is 8.82. The first kappa shape index (κ1) is 17.8. The van der Waals surface area contributed by atoms with Gasteiger partial charge in [-0.3, -0.25) is 0 Å². The number of halogens is 1. The Labute approximate surface area is 148 Å². The van der Waals surface area contributed by atoms with Crippen LogP contribution < -0.4 is 32.5 Å². The molecule has 9 nitrogen and oxygen atoms in total. The molecule has 0 fully saturated rings. The van der Waals surface area contributed by atoms with Crippen molar-refractivity contribution in [3.05, 3.63) is 35.4 Å². The maximum atomic E-state index is 12.5. The van der Waals surface area contributed by atoms with Gasteiger partial charge in [0.05, 0.1) is 0 Å². The van der Waals surface area contributed by atoms with Crippen molar-refractivity contribution in [2.24, 2.45) is 13.9 Å². The van der Waals surface area contributed by atoms with E-state index in [0.29, 0.717) is 11.1 Å². The number of hydrogen-bond acceptors (Lipinski definition) is 5. The van der Waals surface area contributed by atoms with Gasteiger partial charge in [-0.1, -0.05) is 0 Å². The SMILES string of the molecule is CN=C(N)N/C(=N/[I-]C(=O)O)C(C)N1C(=O)c2ccccc2C1=O. The van der Waals surface area contributed by atoms with Crippen molar-refractivity contribution in [1.82, 2.24) is 10.2 Å². The summed E-state index contributed by atoms with van der Waals surface area (Å²) in [5.41, 5.74) is 6.21. The van der Waals surface area contributed by atoms with Gasteiger partial charge in [0.2, 0.25) is 0 Å². The monoisotopic (exact) mass is 444 g/mol. The molecule has 0 saturated carbocycles. The van der Waals surface area contributed by atoms with Gasteiger partial charge >= 0.3 is 148 Å². The van der Waals surface area contributed by atoms with Gasteiger partial charge in [-0.2, -0.15) is 0 Å². The van der Waals surface area contributed by atoms with Crippen LogP contribution in [0.2, 0.25) is 0 Å². The Kier molecular flexibility index (Phi) is 5.49. The molecule has 10 heteroatoms. The molecule has 0 spiro atoms. The number of nitrogens with zero attached hydrogens (tertiary/aromatic N) is 3. The Balaban J connectivity index is 2.35. The number of carbonyl (C=O) groups is 3. The number of guanidine groups is 1. The van der Waals surface area contributed by atoms with Crippen LogP contribution in [-0.2, 0) is 0 Å². The number of imide groups is 1. The fourth-order valence-corrected chi connectivity index (χ4v) is 3.14. The number of amides is 2. The van der Waals surface area contributed by atoms with Crippen LogP contribution in [-0.4, -0.2) is 50.7 Å². The third kappa shape index (κ3) is 3.53. The molecule has 24 heavy (non-hydrogen) atoms. The number of benzene rings is 1. The molecular formula is C14H15IN5O4-. The molecule has 0 aromatic heterocycles. The number of nitrogens with two attached hydrogens (primary N) is 1. The molecule has 128 valence electrons. The van der Waals surface area contributed by atoms with Crippen molar-refractivity contribution in [1.29, 1.82) is 0 Å². The number of aliphatic imine (C=N–C) groups is 1. The van der Waals surface area contributed by atoms with Crippen LogP contribution in [0.25, 0.3) is 0 Å². The van der Waals surface area contributed by atoms with E-state index in [1.54, 1.807) is 31.2 Å². The molecule has 0 saturated heterocycles. The predicted molar refractivity (Wildman–Crippen MR) is 82.5 cm³/mol. The summed E-state index contributed by atoms with van der Waals surface area (Å²) < 4.78 is 2.95. The molecular weight excluding hydrogens is 429 g/mol. The number of fused-ring (bicyclic) bond motifs is 1. The van der Waals surface area contributed by atoms with Crippen molar-refractivity contribution < 1.29 is 41.0 Å². The number of carbonyl (C=O) groups excluding carboxylic acids is 2. The van der Waals surface area contributed by atoms with Crippen LogP contribution in [0.1, 0.15) is 27.6 Å². The second kappa shape index (κ2) is 7.38. The van der Waals surface area contributed by atoms with Gasteiger partial charge in [0, 0.05) is 0 Å². The number of nitrogens with one attached hydrogen (secondary N) is 1. The number of rotatable bonds is 4.